The summed E-state index contributed by atoms with van der Waals surface area (Å²) in [5.74, 6) is 1.49. The van der Waals surface area contributed by atoms with E-state index in [1.54, 1.807) is 29.3 Å². The van der Waals surface area contributed by atoms with Crippen molar-refractivity contribution in [2.24, 2.45) is 5.92 Å². The molecule has 0 aliphatic carbocycles. The van der Waals surface area contributed by atoms with Crippen molar-refractivity contribution in [1.29, 1.82) is 0 Å². The molecule has 1 atom stereocenters. The Labute approximate surface area is 162 Å². The summed E-state index contributed by atoms with van der Waals surface area (Å²) in [6.07, 6.45) is 1.92. The van der Waals surface area contributed by atoms with Crippen LogP contribution in [-0.4, -0.2) is 48.2 Å². The van der Waals surface area contributed by atoms with Crippen LogP contribution in [0.1, 0.15) is 12.1 Å². The van der Waals surface area contributed by atoms with Crippen molar-refractivity contribution in [3.63, 3.8) is 0 Å². The van der Waals surface area contributed by atoms with Crippen LogP contribution in [0.4, 0.5) is 0 Å². The number of carbonyl (C=O) groups is 2. The molecule has 1 fully saturated rings. The Morgan fingerprint density at radius 3 is 3.00 bits per heavy atom. The molecule has 146 valence electrons. The van der Waals surface area contributed by atoms with Gasteiger partial charge in [0, 0.05) is 25.2 Å². The van der Waals surface area contributed by atoms with E-state index in [9.17, 15) is 9.59 Å². The summed E-state index contributed by atoms with van der Waals surface area (Å²) in [4.78, 5) is 30.4. The smallest absolute Gasteiger partial charge is 0.231 e. The summed E-state index contributed by atoms with van der Waals surface area (Å²) in [5, 5.41) is 2.84. The summed E-state index contributed by atoms with van der Waals surface area (Å²) in [6, 6.07) is 10.9. The molecule has 1 saturated heterocycles. The van der Waals surface area contributed by atoms with Crippen molar-refractivity contribution >= 4 is 11.8 Å². The fourth-order valence-electron chi connectivity index (χ4n) is 3.24. The monoisotopic (exact) mass is 383 g/mol. The quantitative estimate of drug-likeness (QED) is 0.726. The highest BCUT2D eigenvalue weighted by molar-refractivity contribution is 5.89. The van der Waals surface area contributed by atoms with Gasteiger partial charge in [0.05, 0.1) is 24.7 Å². The minimum Gasteiger partial charge on any atom is -0.492 e. The van der Waals surface area contributed by atoms with E-state index in [0.29, 0.717) is 43.5 Å². The number of rotatable bonds is 7. The maximum Gasteiger partial charge on any atom is 0.231 e. The molecule has 1 aromatic carbocycles. The van der Waals surface area contributed by atoms with Gasteiger partial charge in [-0.2, -0.15) is 0 Å². The average molecular weight is 383 g/mol. The van der Waals surface area contributed by atoms with E-state index in [1.165, 1.54) is 0 Å². The topological polar surface area (TPSA) is 90.0 Å². The standard InChI is InChI=1S/C20H21N3O5/c24-19-9-14(11-23(19)12-15-3-1-2-6-21-15)20(25)22-7-8-26-16-4-5-17-18(10-16)28-13-27-17/h1-6,10,14H,7-9,11-13H2,(H,22,25). The normalized spacial score (nSPS) is 17.6. The second-order valence-electron chi connectivity index (χ2n) is 6.65. The Balaban J connectivity index is 1.20. The van der Waals surface area contributed by atoms with Crippen molar-refractivity contribution in [3.8, 4) is 17.2 Å². The van der Waals surface area contributed by atoms with Gasteiger partial charge in [0.2, 0.25) is 18.6 Å². The van der Waals surface area contributed by atoms with Gasteiger partial charge in [-0.1, -0.05) is 6.07 Å². The minimum absolute atomic E-state index is 0.0255. The number of hydrogen-bond acceptors (Lipinski definition) is 6. The molecule has 1 N–H and O–H groups in total. The number of nitrogens with one attached hydrogen (secondary N) is 1. The lowest BCUT2D eigenvalue weighted by molar-refractivity contribution is -0.129. The van der Waals surface area contributed by atoms with E-state index >= 15 is 0 Å². The van der Waals surface area contributed by atoms with Crippen molar-refractivity contribution in [3.05, 3.63) is 48.3 Å². The van der Waals surface area contributed by atoms with Gasteiger partial charge in [0.1, 0.15) is 12.4 Å². The molecule has 2 amide bonds. The van der Waals surface area contributed by atoms with E-state index in [4.69, 9.17) is 14.2 Å². The third-order valence-corrected chi connectivity index (χ3v) is 4.68. The molecule has 2 aliphatic heterocycles. The van der Waals surface area contributed by atoms with Crippen LogP contribution >= 0.6 is 0 Å². The van der Waals surface area contributed by atoms with Crippen molar-refractivity contribution in [2.45, 2.75) is 13.0 Å². The average Bonchev–Trinajstić information content (AvgIpc) is 3.32. The van der Waals surface area contributed by atoms with Gasteiger partial charge in [-0.3, -0.25) is 14.6 Å². The van der Waals surface area contributed by atoms with Crippen LogP contribution < -0.4 is 19.5 Å². The molecule has 8 nitrogen and oxygen atoms in total. The highest BCUT2D eigenvalue weighted by Crippen LogP contribution is 2.35. The second-order valence-corrected chi connectivity index (χ2v) is 6.65. The van der Waals surface area contributed by atoms with Crippen molar-refractivity contribution in [2.75, 3.05) is 26.5 Å². The zero-order valence-electron chi connectivity index (χ0n) is 15.3. The first kappa shape index (κ1) is 18.1. The van der Waals surface area contributed by atoms with E-state index in [-0.39, 0.29) is 30.9 Å². The largest absolute Gasteiger partial charge is 0.492 e. The Morgan fingerprint density at radius 1 is 1.25 bits per heavy atom. The molecule has 28 heavy (non-hydrogen) atoms. The lowest BCUT2D eigenvalue weighted by Gasteiger charge is -2.16. The number of hydrogen-bond donors (Lipinski definition) is 1. The van der Waals surface area contributed by atoms with Crippen LogP contribution in [0.15, 0.2) is 42.6 Å². The molecule has 0 radical (unpaired) electrons. The molecular formula is C20H21N3O5. The Hall–Kier alpha value is -3.29. The van der Waals surface area contributed by atoms with Gasteiger partial charge in [0.15, 0.2) is 11.5 Å². The maximum absolute atomic E-state index is 12.4. The number of likely N-dealkylation sites (tertiary alicyclic amines) is 1. The highest BCUT2D eigenvalue weighted by atomic mass is 16.7. The van der Waals surface area contributed by atoms with E-state index in [2.05, 4.69) is 10.3 Å². The number of fused-ring (bicyclic) bond motifs is 1. The highest BCUT2D eigenvalue weighted by Gasteiger charge is 2.34. The summed E-state index contributed by atoms with van der Waals surface area (Å²) in [6.45, 7) is 1.73. The van der Waals surface area contributed by atoms with E-state index in [1.807, 2.05) is 18.2 Å². The summed E-state index contributed by atoms with van der Waals surface area (Å²) < 4.78 is 16.2. The molecule has 8 heteroatoms. The first-order valence-electron chi connectivity index (χ1n) is 9.17. The van der Waals surface area contributed by atoms with Crippen LogP contribution in [0.3, 0.4) is 0 Å². The van der Waals surface area contributed by atoms with Gasteiger partial charge in [0.25, 0.3) is 0 Å². The molecule has 0 spiro atoms. The zero-order chi connectivity index (χ0) is 19.3. The third-order valence-electron chi connectivity index (χ3n) is 4.68. The minimum atomic E-state index is -0.346. The van der Waals surface area contributed by atoms with E-state index in [0.717, 1.165) is 5.69 Å². The Kier molecular flexibility index (Phi) is 5.27. The van der Waals surface area contributed by atoms with Gasteiger partial charge in [-0.05, 0) is 24.3 Å². The summed E-state index contributed by atoms with van der Waals surface area (Å²) >= 11 is 0. The zero-order valence-corrected chi connectivity index (χ0v) is 15.3. The number of carbonyl (C=O) groups excluding carboxylic acids is 2. The number of benzene rings is 1. The van der Waals surface area contributed by atoms with Crippen LogP contribution in [-0.2, 0) is 16.1 Å². The molecule has 2 aromatic rings. The predicted octanol–water partition coefficient (Wildman–Crippen LogP) is 1.35. The fraction of sp³-hybridized carbons (Fsp3) is 0.350. The fourth-order valence-corrected chi connectivity index (χ4v) is 3.24. The lowest BCUT2D eigenvalue weighted by atomic mass is 10.1. The number of amides is 2. The number of aromatic nitrogens is 1. The molecule has 0 bridgehead atoms. The summed E-state index contributed by atoms with van der Waals surface area (Å²) in [7, 11) is 0. The number of nitrogens with zero attached hydrogens (tertiary/aromatic N) is 2. The predicted molar refractivity (Wildman–Crippen MR) is 98.8 cm³/mol. The molecule has 3 heterocycles. The molecule has 0 saturated carbocycles. The summed E-state index contributed by atoms with van der Waals surface area (Å²) in [5.41, 5.74) is 0.814. The molecule has 1 aromatic heterocycles. The molecule has 1 unspecified atom stereocenters. The Morgan fingerprint density at radius 2 is 2.14 bits per heavy atom. The van der Waals surface area contributed by atoms with Crippen molar-refractivity contribution in [1.82, 2.24) is 15.2 Å². The van der Waals surface area contributed by atoms with Gasteiger partial charge in [-0.15, -0.1) is 0 Å². The number of ether oxygens (including phenoxy) is 3. The van der Waals surface area contributed by atoms with Crippen LogP contribution in [0, 0.1) is 5.92 Å². The Bertz CT molecular complexity index is 858. The first-order chi connectivity index (χ1) is 13.7. The molecular weight excluding hydrogens is 362 g/mol. The van der Waals surface area contributed by atoms with Gasteiger partial charge in [-0.25, -0.2) is 0 Å². The van der Waals surface area contributed by atoms with E-state index < -0.39 is 0 Å². The van der Waals surface area contributed by atoms with Crippen LogP contribution in [0.2, 0.25) is 0 Å². The van der Waals surface area contributed by atoms with Crippen LogP contribution in [0.5, 0.6) is 17.2 Å². The third kappa shape index (κ3) is 4.16. The van der Waals surface area contributed by atoms with Crippen LogP contribution in [0.25, 0.3) is 0 Å². The molecule has 4 rings (SSSR count). The van der Waals surface area contributed by atoms with Gasteiger partial charge < -0.3 is 24.4 Å². The lowest BCUT2D eigenvalue weighted by Crippen LogP contribution is -2.35. The second kappa shape index (κ2) is 8.16. The maximum atomic E-state index is 12.4. The van der Waals surface area contributed by atoms with Gasteiger partial charge >= 0.3 is 0 Å². The SMILES string of the molecule is O=C(NCCOc1ccc2c(c1)OCO2)C1CC(=O)N(Cc2ccccn2)C1. The molecule has 2 aliphatic rings. The first-order valence-corrected chi connectivity index (χ1v) is 9.17. The van der Waals surface area contributed by atoms with Crippen molar-refractivity contribution < 1.29 is 23.8 Å². The number of pyridine rings is 1.